The van der Waals surface area contributed by atoms with Crippen LogP contribution in [0.1, 0.15) is 5.56 Å². The van der Waals surface area contributed by atoms with E-state index in [-0.39, 0.29) is 0 Å². The van der Waals surface area contributed by atoms with Crippen LogP contribution in [-0.4, -0.2) is 12.0 Å². The highest BCUT2D eigenvalue weighted by atomic mass is 16.5. The van der Waals surface area contributed by atoms with Crippen molar-refractivity contribution >= 4 is 5.97 Å². The second-order valence-electron chi connectivity index (χ2n) is 2.84. The Morgan fingerprint density at radius 2 is 2.14 bits per heavy atom. The van der Waals surface area contributed by atoms with E-state index in [1.54, 1.807) is 6.11 Å². The molecule has 1 aromatic carbocycles. The van der Waals surface area contributed by atoms with Crippen molar-refractivity contribution in [1.82, 2.24) is 0 Å². The van der Waals surface area contributed by atoms with Gasteiger partial charge in [-0.2, -0.15) is 0 Å². The van der Waals surface area contributed by atoms with Gasteiger partial charge in [0.2, 0.25) is 0 Å². The van der Waals surface area contributed by atoms with E-state index < -0.39 is 12.0 Å². The number of benzene rings is 1. The van der Waals surface area contributed by atoms with Crippen molar-refractivity contribution in [2.75, 3.05) is 0 Å². The maximum Gasteiger partial charge on any atom is 0.337 e. The van der Waals surface area contributed by atoms with Crippen molar-refractivity contribution in [1.29, 1.82) is 0 Å². The Balaban J connectivity index is 2.54. The van der Waals surface area contributed by atoms with Gasteiger partial charge in [-0.25, -0.2) is 4.79 Å². The summed E-state index contributed by atoms with van der Waals surface area (Å²) in [5, 5.41) is 0. The molecule has 0 radical (unpaired) electrons. The van der Waals surface area contributed by atoms with Crippen LogP contribution in [0.2, 0.25) is 0 Å². The molecule has 0 heterocycles. The minimum atomic E-state index is -0.701. The van der Waals surface area contributed by atoms with E-state index in [4.69, 9.17) is 12.2 Å². The first-order valence-electron chi connectivity index (χ1n) is 4.20. The van der Waals surface area contributed by atoms with Gasteiger partial charge in [0.05, 0.1) is 0 Å². The van der Waals surface area contributed by atoms with Gasteiger partial charge in [0, 0.05) is 0 Å². The normalized spacial score (nSPS) is 11.4. The molecule has 0 spiro atoms. The molecule has 2 N–H and O–H groups in total. The Kier molecular flexibility index (Phi) is 3.71. The average Bonchev–Trinajstić information content (AvgIpc) is 2.19. The molecular weight excluding hydrogens is 178 g/mol. The standard InChI is InChI=1S/C11H11NO2/c1-2-14-11(13)10(12)8-9-6-4-3-5-7-9/h1,3-7,10H,8,12H2/t10-/m0/s1. The van der Waals surface area contributed by atoms with Crippen molar-refractivity contribution < 1.29 is 9.53 Å². The molecule has 3 nitrogen and oxygen atoms in total. The molecule has 0 aliphatic heterocycles. The SMILES string of the molecule is C#COC(=O)[C@@H](N)Cc1ccccc1. The molecule has 72 valence electrons. The maximum atomic E-state index is 11.1. The molecule has 0 saturated heterocycles. The fraction of sp³-hybridized carbons (Fsp3) is 0.182. The predicted molar refractivity (Wildman–Crippen MR) is 53.0 cm³/mol. The molecule has 0 bridgehead atoms. The third kappa shape index (κ3) is 2.92. The van der Waals surface area contributed by atoms with Gasteiger partial charge in [0.15, 0.2) is 0 Å². The lowest BCUT2D eigenvalue weighted by Gasteiger charge is -2.07. The molecule has 0 amide bonds. The molecule has 0 fully saturated rings. The van der Waals surface area contributed by atoms with Crippen molar-refractivity contribution in [2.45, 2.75) is 12.5 Å². The summed E-state index contributed by atoms with van der Waals surface area (Å²) >= 11 is 0. The van der Waals surface area contributed by atoms with Crippen LogP contribution in [0.3, 0.4) is 0 Å². The van der Waals surface area contributed by atoms with E-state index in [9.17, 15) is 4.79 Å². The second-order valence-corrected chi connectivity index (χ2v) is 2.84. The highest BCUT2D eigenvalue weighted by molar-refractivity contribution is 5.76. The van der Waals surface area contributed by atoms with Gasteiger partial charge in [0.1, 0.15) is 12.1 Å². The largest absolute Gasteiger partial charge is 0.371 e. The van der Waals surface area contributed by atoms with Crippen LogP contribution in [-0.2, 0) is 16.0 Å². The number of hydrogen-bond donors (Lipinski definition) is 1. The third-order valence-corrected chi connectivity index (χ3v) is 1.76. The number of nitrogens with two attached hydrogens (primary N) is 1. The molecule has 0 saturated carbocycles. The fourth-order valence-corrected chi connectivity index (χ4v) is 1.09. The van der Waals surface area contributed by atoms with E-state index in [1.807, 2.05) is 30.3 Å². The summed E-state index contributed by atoms with van der Waals surface area (Å²) in [6, 6.07) is 8.75. The Morgan fingerprint density at radius 3 is 2.71 bits per heavy atom. The minimum absolute atomic E-state index is 0.432. The van der Waals surface area contributed by atoms with Crippen molar-refractivity contribution in [2.24, 2.45) is 5.73 Å². The van der Waals surface area contributed by atoms with Crippen LogP contribution in [0.4, 0.5) is 0 Å². The van der Waals surface area contributed by atoms with E-state index in [2.05, 4.69) is 4.74 Å². The highest BCUT2D eigenvalue weighted by Crippen LogP contribution is 2.02. The van der Waals surface area contributed by atoms with Gasteiger partial charge in [-0.3, -0.25) is 0 Å². The third-order valence-electron chi connectivity index (χ3n) is 1.76. The number of terminal acetylenes is 1. The zero-order valence-corrected chi connectivity index (χ0v) is 7.64. The monoisotopic (exact) mass is 189 g/mol. The van der Waals surface area contributed by atoms with E-state index in [0.717, 1.165) is 5.56 Å². The quantitative estimate of drug-likeness (QED) is 0.562. The first-order chi connectivity index (χ1) is 6.74. The number of rotatable bonds is 3. The Hall–Kier alpha value is -1.79. The Bertz CT molecular complexity index is 340. The number of hydrogen-bond acceptors (Lipinski definition) is 3. The summed E-state index contributed by atoms with van der Waals surface area (Å²) in [5.41, 5.74) is 6.55. The Labute approximate surface area is 82.9 Å². The summed E-state index contributed by atoms with van der Waals surface area (Å²) in [6.45, 7) is 0. The molecule has 0 aromatic heterocycles. The molecule has 1 rings (SSSR count). The summed E-state index contributed by atoms with van der Waals surface area (Å²) < 4.78 is 4.34. The van der Waals surface area contributed by atoms with Gasteiger partial charge in [-0.15, -0.1) is 0 Å². The lowest BCUT2D eigenvalue weighted by molar-refractivity contribution is -0.138. The average molecular weight is 189 g/mol. The summed E-state index contributed by atoms with van der Waals surface area (Å²) in [4.78, 5) is 11.1. The second kappa shape index (κ2) is 5.05. The summed E-state index contributed by atoms with van der Waals surface area (Å²) in [5.74, 6) is -0.573. The van der Waals surface area contributed by atoms with Crippen LogP contribution in [0.25, 0.3) is 0 Å². The molecule has 1 aromatic rings. The van der Waals surface area contributed by atoms with Crippen LogP contribution in [0, 0.1) is 12.5 Å². The predicted octanol–water partition coefficient (Wildman–Crippen LogP) is 0.690. The lowest BCUT2D eigenvalue weighted by Crippen LogP contribution is -2.33. The molecule has 3 heteroatoms. The van der Waals surface area contributed by atoms with E-state index >= 15 is 0 Å². The van der Waals surface area contributed by atoms with Crippen molar-refractivity contribution in [3.05, 3.63) is 35.9 Å². The first kappa shape index (κ1) is 10.3. The topological polar surface area (TPSA) is 52.3 Å². The molecule has 0 aliphatic carbocycles. The molecular formula is C11H11NO2. The molecule has 0 unspecified atom stereocenters. The van der Waals surface area contributed by atoms with Gasteiger partial charge < -0.3 is 10.5 Å². The molecule has 14 heavy (non-hydrogen) atoms. The molecule has 1 atom stereocenters. The van der Waals surface area contributed by atoms with Crippen LogP contribution in [0.15, 0.2) is 30.3 Å². The van der Waals surface area contributed by atoms with Crippen LogP contribution >= 0.6 is 0 Å². The van der Waals surface area contributed by atoms with Crippen molar-refractivity contribution in [3.8, 4) is 12.5 Å². The number of ether oxygens (including phenoxy) is 1. The number of carbonyl (C=O) groups is 1. The summed E-state index contributed by atoms with van der Waals surface area (Å²) in [7, 11) is 0. The number of carbonyl (C=O) groups excluding carboxylic acids is 1. The highest BCUT2D eigenvalue weighted by Gasteiger charge is 2.14. The zero-order chi connectivity index (χ0) is 10.4. The van der Waals surface area contributed by atoms with Crippen LogP contribution in [0.5, 0.6) is 0 Å². The zero-order valence-electron chi connectivity index (χ0n) is 7.64. The van der Waals surface area contributed by atoms with Gasteiger partial charge in [-0.05, 0) is 12.0 Å². The van der Waals surface area contributed by atoms with Gasteiger partial charge in [0.25, 0.3) is 0 Å². The summed E-state index contributed by atoms with van der Waals surface area (Å²) in [6.07, 6.45) is 7.05. The molecule has 0 aliphatic rings. The van der Waals surface area contributed by atoms with Crippen LogP contribution < -0.4 is 5.73 Å². The van der Waals surface area contributed by atoms with Gasteiger partial charge >= 0.3 is 5.97 Å². The van der Waals surface area contributed by atoms with Crippen molar-refractivity contribution in [3.63, 3.8) is 0 Å². The number of esters is 1. The fourth-order valence-electron chi connectivity index (χ4n) is 1.09. The maximum absolute atomic E-state index is 11.1. The van der Waals surface area contributed by atoms with E-state index in [1.165, 1.54) is 0 Å². The smallest absolute Gasteiger partial charge is 0.337 e. The minimum Gasteiger partial charge on any atom is -0.371 e. The van der Waals surface area contributed by atoms with Gasteiger partial charge in [-0.1, -0.05) is 36.8 Å². The Morgan fingerprint density at radius 1 is 1.50 bits per heavy atom. The lowest BCUT2D eigenvalue weighted by atomic mass is 10.1. The van der Waals surface area contributed by atoms with E-state index in [0.29, 0.717) is 6.42 Å². The first-order valence-corrected chi connectivity index (χ1v) is 4.20.